The Morgan fingerprint density at radius 1 is 1.04 bits per heavy atom. The molecule has 7 heteroatoms. The molecule has 1 amide bonds. The topological polar surface area (TPSA) is 51.2 Å². The van der Waals surface area contributed by atoms with Crippen LogP contribution < -0.4 is 5.32 Å². The summed E-state index contributed by atoms with van der Waals surface area (Å²) in [6.45, 7) is 13.2. The Morgan fingerprint density at radius 3 is 2.37 bits per heavy atom. The minimum Gasteiger partial charge on any atom is -0.357 e. The fourth-order valence-corrected chi connectivity index (χ4v) is 4.21. The highest BCUT2D eigenvalue weighted by Gasteiger charge is 2.31. The second-order valence-corrected chi connectivity index (χ2v) is 8.22. The van der Waals surface area contributed by atoms with Gasteiger partial charge in [-0.15, -0.1) is 24.0 Å². The van der Waals surface area contributed by atoms with Crippen LogP contribution in [0, 0.1) is 11.8 Å². The molecule has 1 aliphatic carbocycles. The van der Waals surface area contributed by atoms with Gasteiger partial charge in [0.2, 0.25) is 5.91 Å². The molecule has 3 rings (SSSR count). The monoisotopic (exact) mass is 491 g/mol. The average molecular weight is 491 g/mol. The number of amides is 1. The Balaban J connectivity index is 0.00000261. The van der Waals surface area contributed by atoms with Crippen molar-refractivity contribution < 1.29 is 4.79 Å². The highest BCUT2D eigenvalue weighted by molar-refractivity contribution is 14.0. The van der Waals surface area contributed by atoms with E-state index in [4.69, 9.17) is 4.99 Å². The van der Waals surface area contributed by atoms with Crippen molar-refractivity contribution in [2.45, 2.75) is 46.0 Å². The standard InChI is InChI=1S/C20H37N5O.HI/c1-3-21-20(25-10-5-6-17(2)16-25)22-9-11-23-12-14-24(15-13-23)19(26)18-7-4-8-18;/h17-18H,3-16H2,1-2H3,(H,21,22);1H. The lowest BCUT2D eigenvalue weighted by atomic mass is 9.84. The number of aliphatic imine (C=N–C) groups is 1. The maximum atomic E-state index is 12.3. The van der Waals surface area contributed by atoms with E-state index in [0.29, 0.717) is 11.8 Å². The van der Waals surface area contributed by atoms with Crippen molar-refractivity contribution in [2.75, 3.05) is 58.9 Å². The number of rotatable bonds is 5. The zero-order chi connectivity index (χ0) is 18.4. The van der Waals surface area contributed by atoms with Crippen molar-refractivity contribution in [2.24, 2.45) is 16.8 Å². The van der Waals surface area contributed by atoms with Gasteiger partial charge in [-0.1, -0.05) is 13.3 Å². The van der Waals surface area contributed by atoms with E-state index in [2.05, 4.69) is 33.9 Å². The highest BCUT2D eigenvalue weighted by atomic mass is 127. The van der Waals surface area contributed by atoms with Gasteiger partial charge in [0.15, 0.2) is 5.96 Å². The second-order valence-electron chi connectivity index (χ2n) is 8.22. The summed E-state index contributed by atoms with van der Waals surface area (Å²) in [6, 6.07) is 0. The minimum atomic E-state index is 0. The molecule has 27 heavy (non-hydrogen) atoms. The van der Waals surface area contributed by atoms with Crippen molar-refractivity contribution in [3.63, 3.8) is 0 Å². The van der Waals surface area contributed by atoms with E-state index >= 15 is 0 Å². The van der Waals surface area contributed by atoms with Gasteiger partial charge in [-0.2, -0.15) is 0 Å². The Bertz CT molecular complexity index is 489. The molecule has 156 valence electrons. The fraction of sp³-hybridized carbons (Fsp3) is 0.900. The van der Waals surface area contributed by atoms with E-state index in [1.165, 1.54) is 19.3 Å². The largest absolute Gasteiger partial charge is 0.357 e. The number of carbonyl (C=O) groups is 1. The van der Waals surface area contributed by atoms with Crippen LogP contribution in [-0.4, -0.2) is 85.5 Å². The molecule has 1 atom stereocenters. The molecule has 3 aliphatic rings. The molecule has 1 N–H and O–H groups in total. The molecule has 0 radical (unpaired) electrons. The number of carbonyl (C=O) groups excluding carboxylic acids is 1. The number of hydrogen-bond donors (Lipinski definition) is 1. The summed E-state index contributed by atoms with van der Waals surface area (Å²) in [4.78, 5) is 24.2. The summed E-state index contributed by atoms with van der Waals surface area (Å²) in [5.41, 5.74) is 0. The summed E-state index contributed by atoms with van der Waals surface area (Å²) in [7, 11) is 0. The number of piperidine rings is 1. The molecule has 2 heterocycles. The van der Waals surface area contributed by atoms with Crippen LogP contribution in [0.2, 0.25) is 0 Å². The maximum Gasteiger partial charge on any atom is 0.225 e. The van der Waals surface area contributed by atoms with Gasteiger partial charge < -0.3 is 15.1 Å². The number of nitrogens with one attached hydrogen (secondary N) is 1. The highest BCUT2D eigenvalue weighted by Crippen LogP contribution is 2.28. The normalized spacial score (nSPS) is 25.0. The smallest absolute Gasteiger partial charge is 0.225 e. The first-order valence-corrected chi connectivity index (χ1v) is 10.7. The number of guanidine groups is 1. The predicted octanol–water partition coefficient (Wildman–Crippen LogP) is 2.25. The minimum absolute atomic E-state index is 0. The van der Waals surface area contributed by atoms with Gasteiger partial charge in [-0.3, -0.25) is 14.7 Å². The Hall–Kier alpha value is -0.570. The average Bonchev–Trinajstić information content (AvgIpc) is 2.60. The summed E-state index contributed by atoms with van der Waals surface area (Å²) in [5, 5.41) is 3.46. The molecular formula is C20H38IN5O. The van der Waals surface area contributed by atoms with Gasteiger partial charge in [0, 0.05) is 58.3 Å². The summed E-state index contributed by atoms with van der Waals surface area (Å²) in [5.74, 6) is 2.58. The Kier molecular flexibility index (Phi) is 9.62. The molecule has 0 spiro atoms. The van der Waals surface area contributed by atoms with Crippen molar-refractivity contribution in [3.05, 3.63) is 0 Å². The molecular weight excluding hydrogens is 453 g/mol. The number of piperazine rings is 1. The van der Waals surface area contributed by atoms with Crippen LogP contribution in [0.5, 0.6) is 0 Å². The second kappa shape index (κ2) is 11.4. The van der Waals surface area contributed by atoms with E-state index < -0.39 is 0 Å². The van der Waals surface area contributed by atoms with Crippen LogP contribution in [0.25, 0.3) is 0 Å². The van der Waals surface area contributed by atoms with Crippen molar-refractivity contribution >= 4 is 35.8 Å². The molecule has 0 aromatic heterocycles. The number of halogens is 1. The molecule has 0 aromatic carbocycles. The van der Waals surface area contributed by atoms with E-state index in [-0.39, 0.29) is 24.0 Å². The van der Waals surface area contributed by atoms with Gasteiger partial charge in [-0.25, -0.2) is 0 Å². The molecule has 6 nitrogen and oxygen atoms in total. The van der Waals surface area contributed by atoms with Crippen LogP contribution in [0.1, 0.15) is 46.0 Å². The molecule has 0 bridgehead atoms. The van der Waals surface area contributed by atoms with E-state index in [0.717, 1.165) is 83.6 Å². The number of likely N-dealkylation sites (tertiary alicyclic amines) is 1. The lowest BCUT2D eigenvalue weighted by Crippen LogP contribution is -2.51. The third kappa shape index (κ3) is 6.48. The third-order valence-electron chi connectivity index (χ3n) is 6.11. The van der Waals surface area contributed by atoms with Gasteiger partial charge in [0.05, 0.1) is 6.54 Å². The first-order valence-electron chi connectivity index (χ1n) is 10.7. The summed E-state index contributed by atoms with van der Waals surface area (Å²) in [6.07, 6.45) is 6.05. The number of nitrogens with zero attached hydrogens (tertiary/aromatic N) is 4. The molecule has 0 aromatic rings. The van der Waals surface area contributed by atoms with Crippen LogP contribution in [0.3, 0.4) is 0 Å². The van der Waals surface area contributed by atoms with Gasteiger partial charge in [0.25, 0.3) is 0 Å². The Labute approximate surface area is 182 Å². The first kappa shape index (κ1) is 22.7. The molecule has 2 saturated heterocycles. The first-order chi connectivity index (χ1) is 12.7. The molecule has 1 saturated carbocycles. The number of hydrogen-bond acceptors (Lipinski definition) is 3. The lowest BCUT2D eigenvalue weighted by Gasteiger charge is -2.38. The van der Waals surface area contributed by atoms with Crippen molar-refractivity contribution in [1.82, 2.24) is 20.0 Å². The van der Waals surface area contributed by atoms with Crippen LogP contribution >= 0.6 is 24.0 Å². The van der Waals surface area contributed by atoms with E-state index in [1.807, 2.05) is 0 Å². The van der Waals surface area contributed by atoms with Crippen LogP contribution in [0.15, 0.2) is 4.99 Å². The van der Waals surface area contributed by atoms with Crippen molar-refractivity contribution in [3.8, 4) is 0 Å². The van der Waals surface area contributed by atoms with Crippen molar-refractivity contribution in [1.29, 1.82) is 0 Å². The van der Waals surface area contributed by atoms with Gasteiger partial charge in [0.1, 0.15) is 0 Å². The lowest BCUT2D eigenvalue weighted by molar-refractivity contribution is -0.139. The SMILES string of the molecule is CCNC(=NCCN1CCN(C(=O)C2CCC2)CC1)N1CCCC(C)C1.I. The Morgan fingerprint density at radius 2 is 1.78 bits per heavy atom. The molecule has 1 unspecified atom stereocenters. The molecule has 2 aliphatic heterocycles. The maximum absolute atomic E-state index is 12.3. The van der Waals surface area contributed by atoms with Crippen LogP contribution in [0.4, 0.5) is 0 Å². The quantitative estimate of drug-likeness (QED) is 0.364. The van der Waals surface area contributed by atoms with Gasteiger partial charge >= 0.3 is 0 Å². The third-order valence-corrected chi connectivity index (χ3v) is 6.11. The van der Waals surface area contributed by atoms with Gasteiger partial charge in [-0.05, 0) is 38.5 Å². The summed E-state index contributed by atoms with van der Waals surface area (Å²) < 4.78 is 0. The fourth-order valence-electron chi connectivity index (χ4n) is 4.21. The zero-order valence-electron chi connectivity index (χ0n) is 17.2. The zero-order valence-corrected chi connectivity index (χ0v) is 19.5. The summed E-state index contributed by atoms with van der Waals surface area (Å²) >= 11 is 0. The molecule has 3 fully saturated rings. The van der Waals surface area contributed by atoms with Crippen LogP contribution in [-0.2, 0) is 4.79 Å². The van der Waals surface area contributed by atoms with E-state index in [1.54, 1.807) is 0 Å². The van der Waals surface area contributed by atoms with E-state index in [9.17, 15) is 4.79 Å². The predicted molar refractivity (Wildman–Crippen MR) is 122 cm³/mol.